The van der Waals surface area contributed by atoms with Gasteiger partial charge in [-0.3, -0.25) is 0 Å². The van der Waals surface area contributed by atoms with Crippen LogP contribution in [-0.4, -0.2) is 13.7 Å². The lowest BCUT2D eigenvalue weighted by Gasteiger charge is -2.13. The van der Waals surface area contributed by atoms with Crippen molar-refractivity contribution in [3.63, 3.8) is 0 Å². The fourth-order valence-corrected chi connectivity index (χ4v) is 1.57. The average molecular weight is 223 g/mol. The summed E-state index contributed by atoms with van der Waals surface area (Å²) in [7, 11) is 1.65. The monoisotopic (exact) mass is 223 g/mol. The van der Waals surface area contributed by atoms with Crippen LogP contribution >= 0.6 is 0 Å². The molecule has 1 rings (SSSR count). The minimum absolute atomic E-state index is 0.473. The van der Waals surface area contributed by atoms with Crippen molar-refractivity contribution < 1.29 is 9.47 Å². The van der Waals surface area contributed by atoms with Gasteiger partial charge < -0.3 is 15.2 Å². The zero-order valence-electron chi connectivity index (χ0n) is 10.2. The van der Waals surface area contributed by atoms with Crippen molar-refractivity contribution in [1.82, 2.24) is 0 Å². The largest absolute Gasteiger partial charge is 0.493 e. The molecule has 0 aliphatic rings. The molecule has 0 unspecified atom stereocenters. The SMILES string of the molecule is CCCCCOc1c(CN)cccc1OC. The Morgan fingerprint density at radius 1 is 1.25 bits per heavy atom. The van der Waals surface area contributed by atoms with Crippen LogP contribution in [0.25, 0.3) is 0 Å². The summed E-state index contributed by atoms with van der Waals surface area (Å²) in [6.45, 7) is 3.37. The molecule has 0 aromatic heterocycles. The maximum absolute atomic E-state index is 5.75. The van der Waals surface area contributed by atoms with E-state index in [0.717, 1.165) is 30.1 Å². The molecule has 16 heavy (non-hydrogen) atoms. The molecule has 0 fully saturated rings. The first-order valence-electron chi connectivity index (χ1n) is 5.82. The summed E-state index contributed by atoms with van der Waals surface area (Å²) in [5, 5.41) is 0. The van der Waals surface area contributed by atoms with E-state index >= 15 is 0 Å². The van der Waals surface area contributed by atoms with Gasteiger partial charge in [-0.05, 0) is 12.5 Å². The first-order valence-corrected chi connectivity index (χ1v) is 5.82. The van der Waals surface area contributed by atoms with Gasteiger partial charge in [0, 0.05) is 12.1 Å². The molecular formula is C13H21NO2. The zero-order valence-corrected chi connectivity index (χ0v) is 10.2. The molecular weight excluding hydrogens is 202 g/mol. The van der Waals surface area contributed by atoms with Gasteiger partial charge in [0.25, 0.3) is 0 Å². The normalized spacial score (nSPS) is 10.2. The number of ether oxygens (including phenoxy) is 2. The van der Waals surface area contributed by atoms with Gasteiger partial charge in [0.1, 0.15) is 0 Å². The summed E-state index contributed by atoms with van der Waals surface area (Å²) in [6, 6.07) is 5.80. The smallest absolute Gasteiger partial charge is 0.165 e. The van der Waals surface area contributed by atoms with E-state index in [1.807, 2.05) is 18.2 Å². The molecule has 0 saturated carbocycles. The van der Waals surface area contributed by atoms with Gasteiger partial charge in [0.05, 0.1) is 13.7 Å². The van der Waals surface area contributed by atoms with Crippen molar-refractivity contribution in [3.8, 4) is 11.5 Å². The standard InChI is InChI=1S/C13H21NO2/c1-3-4-5-9-16-13-11(10-14)7-6-8-12(13)15-2/h6-8H,3-5,9-10,14H2,1-2H3. The predicted octanol–water partition coefficient (Wildman–Crippen LogP) is 2.72. The van der Waals surface area contributed by atoms with Crippen LogP contribution in [0.3, 0.4) is 0 Å². The Labute approximate surface area is 97.6 Å². The molecule has 1 aromatic carbocycles. The van der Waals surface area contributed by atoms with Crippen LogP contribution < -0.4 is 15.2 Å². The van der Waals surface area contributed by atoms with Crippen LogP contribution in [0.1, 0.15) is 31.7 Å². The minimum Gasteiger partial charge on any atom is -0.493 e. The highest BCUT2D eigenvalue weighted by Gasteiger charge is 2.08. The lowest BCUT2D eigenvalue weighted by molar-refractivity contribution is 0.283. The molecule has 0 atom stereocenters. The fraction of sp³-hybridized carbons (Fsp3) is 0.538. The minimum atomic E-state index is 0.473. The molecule has 3 heteroatoms. The van der Waals surface area contributed by atoms with Crippen LogP contribution in [-0.2, 0) is 6.54 Å². The summed E-state index contributed by atoms with van der Waals surface area (Å²) < 4.78 is 11.0. The fourth-order valence-electron chi connectivity index (χ4n) is 1.57. The van der Waals surface area contributed by atoms with Gasteiger partial charge in [0.15, 0.2) is 11.5 Å². The highest BCUT2D eigenvalue weighted by Crippen LogP contribution is 2.30. The third kappa shape index (κ3) is 3.42. The summed E-state index contributed by atoms with van der Waals surface area (Å²) in [5.74, 6) is 1.56. The Hall–Kier alpha value is -1.22. The third-order valence-corrected chi connectivity index (χ3v) is 2.49. The number of para-hydroxylation sites is 1. The molecule has 0 spiro atoms. The van der Waals surface area contributed by atoms with Crippen molar-refractivity contribution in [2.75, 3.05) is 13.7 Å². The Bertz CT molecular complexity index is 291. The maximum Gasteiger partial charge on any atom is 0.165 e. The highest BCUT2D eigenvalue weighted by atomic mass is 16.5. The lowest BCUT2D eigenvalue weighted by atomic mass is 10.2. The van der Waals surface area contributed by atoms with Crippen LogP contribution in [0.2, 0.25) is 0 Å². The number of unbranched alkanes of at least 4 members (excludes halogenated alkanes) is 2. The van der Waals surface area contributed by atoms with E-state index in [9.17, 15) is 0 Å². The van der Waals surface area contributed by atoms with Crippen molar-refractivity contribution >= 4 is 0 Å². The molecule has 0 heterocycles. The Morgan fingerprint density at radius 3 is 2.69 bits per heavy atom. The molecule has 0 bridgehead atoms. The summed E-state index contributed by atoms with van der Waals surface area (Å²) >= 11 is 0. The van der Waals surface area contributed by atoms with Gasteiger partial charge in [0.2, 0.25) is 0 Å². The summed E-state index contributed by atoms with van der Waals surface area (Å²) in [4.78, 5) is 0. The van der Waals surface area contributed by atoms with Crippen molar-refractivity contribution in [3.05, 3.63) is 23.8 Å². The molecule has 0 aliphatic heterocycles. The predicted molar refractivity (Wildman–Crippen MR) is 65.9 cm³/mol. The maximum atomic E-state index is 5.75. The van der Waals surface area contributed by atoms with Gasteiger partial charge in [-0.2, -0.15) is 0 Å². The molecule has 0 saturated heterocycles. The second-order valence-corrected chi connectivity index (χ2v) is 3.71. The second kappa shape index (κ2) is 7.12. The quantitative estimate of drug-likeness (QED) is 0.723. The van der Waals surface area contributed by atoms with Gasteiger partial charge >= 0.3 is 0 Å². The number of benzene rings is 1. The van der Waals surface area contributed by atoms with E-state index < -0.39 is 0 Å². The molecule has 3 nitrogen and oxygen atoms in total. The average Bonchev–Trinajstić information content (AvgIpc) is 2.34. The number of hydrogen-bond acceptors (Lipinski definition) is 3. The molecule has 0 amide bonds. The van der Waals surface area contributed by atoms with Gasteiger partial charge in [-0.25, -0.2) is 0 Å². The molecule has 90 valence electrons. The molecule has 0 aliphatic carbocycles. The van der Waals surface area contributed by atoms with Gasteiger partial charge in [-0.15, -0.1) is 0 Å². The van der Waals surface area contributed by atoms with E-state index in [0.29, 0.717) is 6.54 Å². The first kappa shape index (κ1) is 12.8. The molecule has 2 N–H and O–H groups in total. The van der Waals surface area contributed by atoms with Crippen LogP contribution in [0, 0.1) is 0 Å². The molecule has 1 aromatic rings. The Balaban J connectivity index is 2.67. The first-order chi connectivity index (χ1) is 7.83. The Kier molecular flexibility index (Phi) is 5.72. The van der Waals surface area contributed by atoms with Crippen LogP contribution in [0.15, 0.2) is 18.2 Å². The van der Waals surface area contributed by atoms with E-state index in [2.05, 4.69) is 6.92 Å². The van der Waals surface area contributed by atoms with E-state index in [-0.39, 0.29) is 0 Å². The number of nitrogens with two attached hydrogens (primary N) is 1. The summed E-state index contributed by atoms with van der Waals surface area (Å²) in [6.07, 6.45) is 3.45. The lowest BCUT2D eigenvalue weighted by Crippen LogP contribution is -2.05. The van der Waals surface area contributed by atoms with Crippen molar-refractivity contribution in [1.29, 1.82) is 0 Å². The van der Waals surface area contributed by atoms with E-state index in [4.69, 9.17) is 15.2 Å². The number of hydrogen-bond donors (Lipinski definition) is 1. The van der Waals surface area contributed by atoms with E-state index in [1.54, 1.807) is 7.11 Å². The Morgan fingerprint density at radius 2 is 2.06 bits per heavy atom. The number of methoxy groups -OCH3 is 1. The van der Waals surface area contributed by atoms with Gasteiger partial charge in [-0.1, -0.05) is 31.9 Å². The molecule has 0 radical (unpaired) electrons. The topological polar surface area (TPSA) is 44.5 Å². The van der Waals surface area contributed by atoms with Crippen LogP contribution in [0.5, 0.6) is 11.5 Å². The third-order valence-electron chi connectivity index (χ3n) is 2.49. The summed E-state index contributed by atoms with van der Waals surface area (Å²) in [5.41, 5.74) is 6.67. The van der Waals surface area contributed by atoms with Crippen molar-refractivity contribution in [2.24, 2.45) is 5.73 Å². The second-order valence-electron chi connectivity index (χ2n) is 3.71. The van der Waals surface area contributed by atoms with Crippen LogP contribution in [0.4, 0.5) is 0 Å². The number of rotatable bonds is 7. The van der Waals surface area contributed by atoms with E-state index in [1.165, 1.54) is 12.8 Å². The van der Waals surface area contributed by atoms with Crippen molar-refractivity contribution in [2.45, 2.75) is 32.7 Å². The zero-order chi connectivity index (χ0) is 11.8. The highest BCUT2D eigenvalue weighted by molar-refractivity contribution is 5.46.